The number of aromatic nitrogens is 1. The van der Waals surface area contributed by atoms with Crippen molar-refractivity contribution in [2.75, 3.05) is 12.4 Å². The van der Waals surface area contributed by atoms with Crippen molar-refractivity contribution in [2.45, 2.75) is 33.8 Å². The van der Waals surface area contributed by atoms with Gasteiger partial charge < -0.3 is 19.4 Å². The van der Waals surface area contributed by atoms with Gasteiger partial charge in [-0.15, -0.1) is 0 Å². The standard InChI is InChI=1S/C24H26N2O4/c1-15-10-12-19(13-11-15)26-16(2)14-20(17(26)3)24(28)30-18(4)23(27)25-21-8-6-7-9-22(21)29-5/h6-14,18H,1-5H3,(H,25,27)/t18-/m1/s1. The summed E-state index contributed by atoms with van der Waals surface area (Å²) in [5, 5.41) is 2.73. The average molecular weight is 406 g/mol. The normalized spacial score (nSPS) is 11.6. The fraction of sp³-hybridized carbons (Fsp3) is 0.250. The van der Waals surface area contributed by atoms with E-state index in [1.165, 1.54) is 7.11 Å². The van der Waals surface area contributed by atoms with Crippen LogP contribution in [0.25, 0.3) is 5.69 Å². The predicted molar refractivity (Wildman–Crippen MR) is 116 cm³/mol. The lowest BCUT2D eigenvalue weighted by Gasteiger charge is -2.15. The Morgan fingerprint density at radius 2 is 1.67 bits per heavy atom. The lowest BCUT2D eigenvalue weighted by Crippen LogP contribution is -2.30. The monoisotopic (exact) mass is 406 g/mol. The first-order valence-corrected chi connectivity index (χ1v) is 9.72. The summed E-state index contributed by atoms with van der Waals surface area (Å²) in [7, 11) is 1.53. The molecule has 1 aromatic heterocycles. The second-order valence-corrected chi connectivity index (χ2v) is 7.19. The van der Waals surface area contributed by atoms with Crippen molar-refractivity contribution in [3.63, 3.8) is 0 Å². The van der Waals surface area contributed by atoms with Crippen LogP contribution in [0.1, 0.15) is 34.2 Å². The summed E-state index contributed by atoms with van der Waals surface area (Å²) in [5.41, 5.74) is 4.76. The van der Waals surface area contributed by atoms with E-state index in [2.05, 4.69) is 5.32 Å². The molecule has 0 unspecified atom stereocenters. The van der Waals surface area contributed by atoms with Crippen molar-refractivity contribution < 1.29 is 19.1 Å². The quantitative estimate of drug-likeness (QED) is 0.608. The minimum atomic E-state index is -0.968. The van der Waals surface area contributed by atoms with Crippen molar-refractivity contribution >= 4 is 17.6 Å². The summed E-state index contributed by atoms with van der Waals surface area (Å²) in [6.45, 7) is 7.37. The van der Waals surface area contributed by atoms with Gasteiger partial charge in [-0.1, -0.05) is 29.8 Å². The molecule has 0 saturated carbocycles. The molecular weight excluding hydrogens is 380 g/mol. The Bertz CT molecular complexity index is 1070. The average Bonchev–Trinajstić information content (AvgIpc) is 3.03. The highest BCUT2D eigenvalue weighted by molar-refractivity contribution is 5.98. The minimum Gasteiger partial charge on any atom is -0.495 e. The molecule has 2 aromatic carbocycles. The van der Waals surface area contributed by atoms with Gasteiger partial charge in [0, 0.05) is 17.1 Å². The highest BCUT2D eigenvalue weighted by Crippen LogP contribution is 2.24. The molecule has 30 heavy (non-hydrogen) atoms. The van der Waals surface area contributed by atoms with Crippen LogP contribution in [0.15, 0.2) is 54.6 Å². The molecule has 3 aromatic rings. The molecular formula is C24H26N2O4. The fourth-order valence-electron chi connectivity index (χ4n) is 3.32. The number of methoxy groups -OCH3 is 1. The van der Waals surface area contributed by atoms with Gasteiger partial charge >= 0.3 is 5.97 Å². The summed E-state index contributed by atoms with van der Waals surface area (Å²) >= 11 is 0. The van der Waals surface area contributed by atoms with Gasteiger partial charge in [-0.25, -0.2) is 4.79 Å². The molecule has 0 spiro atoms. The van der Waals surface area contributed by atoms with E-state index in [0.29, 0.717) is 17.0 Å². The van der Waals surface area contributed by atoms with Crippen LogP contribution < -0.4 is 10.1 Å². The number of ether oxygens (including phenoxy) is 2. The third-order valence-corrected chi connectivity index (χ3v) is 4.96. The van der Waals surface area contributed by atoms with E-state index >= 15 is 0 Å². The van der Waals surface area contributed by atoms with Crippen LogP contribution in [0.4, 0.5) is 5.69 Å². The summed E-state index contributed by atoms with van der Waals surface area (Å²) in [5.74, 6) is -0.435. The third-order valence-electron chi connectivity index (χ3n) is 4.96. The first kappa shape index (κ1) is 21.2. The number of hydrogen-bond acceptors (Lipinski definition) is 4. The number of nitrogens with one attached hydrogen (secondary N) is 1. The molecule has 0 aliphatic rings. The topological polar surface area (TPSA) is 69.6 Å². The number of benzene rings is 2. The Morgan fingerprint density at radius 3 is 2.33 bits per heavy atom. The number of esters is 1. The molecule has 0 fully saturated rings. The van der Waals surface area contributed by atoms with E-state index in [9.17, 15) is 9.59 Å². The minimum absolute atomic E-state index is 0.430. The van der Waals surface area contributed by atoms with Crippen LogP contribution in [0, 0.1) is 20.8 Å². The van der Waals surface area contributed by atoms with Crippen molar-refractivity contribution in [1.29, 1.82) is 0 Å². The van der Waals surface area contributed by atoms with Gasteiger partial charge in [-0.2, -0.15) is 0 Å². The Morgan fingerprint density at radius 1 is 1.00 bits per heavy atom. The van der Waals surface area contributed by atoms with Gasteiger partial charge in [-0.3, -0.25) is 4.79 Å². The van der Waals surface area contributed by atoms with E-state index in [-0.39, 0.29) is 0 Å². The molecule has 0 saturated heterocycles. The maximum absolute atomic E-state index is 12.8. The van der Waals surface area contributed by atoms with Gasteiger partial charge in [0.2, 0.25) is 0 Å². The van der Waals surface area contributed by atoms with Gasteiger partial charge in [0.1, 0.15) is 5.75 Å². The molecule has 1 heterocycles. The molecule has 0 radical (unpaired) electrons. The smallest absolute Gasteiger partial charge is 0.340 e. The summed E-state index contributed by atoms with van der Waals surface area (Å²) in [6.07, 6.45) is -0.968. The van der Waals surface area contributed by atoms with Crippen LogP contribution in [0.2, 0.25) is 0 Å². The SMILES string of the molecule is COc1ccccc1NC(=O)[C@@H](C)OC(=O)c1cc(C)n(-c2ccc(C)cc2)c1C. The Hall–Kier alpha value is -3.54. The number of para-hydroxylation sites is 2. The summed E-state index contributed by atoms with van der Waals surface area (Å²) in [4.78, 5) is 25.3. The number of rotatable bonds is 6. The molecule has 0 bridgehead atoms. The highest BCUT2D eigenvalue weighted by atomic mass is 16.5. The molecule has 0 aliphatic heterocycles. The van der Waals surface area contributed by atoms with E-state index in [0.717, 1.165) is 22.6 Å². The number of amides is 1. The van der Waals surface area contributed by atoms with E-state index in [1.807, 2.05) is 55.7 Å². The molecule has 1 amide bonds. The van der Waals surface area contributed by atoms with Crippen LogP contribution in [-0.2, 0) is 9.53 Å². The molecule has 3 rings (SSSR count). The van der Waals surface area contributed by atoms with Crippen LogP contribution in [0.3, 0.4) is 0 Å². The Balaban J connectivity index is 1.75. The maximum atomic E-state index is 12.8. The van der Waals surface area contributed by atoms with Crippen LogP contribution in [0.5, 0.6) is 5.75 Å². The molecule has 1 N–H and O–H groups in total. The second kappa shape index (κ2) is 8.86. The van der Waals surface area contributed by atoms with Crippen molar-refractivity contribution in [3.05, 3.63) is 77.1 Å². The lowest BCUT2D eigenvalue weighted by molar-refractivity contribution is -0.123. The van der Waals surface area contributed by atoms with Crippen LogP contribution in [-0.4, -0.2) is 29.7 Å². The van der Waals surface area contributed by atoms with Gasteiger partial charge in [0.25, 0.3) is 5.91 Å². The van der Waals surface area contributed by atoms with Crippen molar-refractivity contribution in [2.24, 2.45) is 0 Å². The summed E-state index contributed by atoms with van der Waals surface area (Å²) < 4.78 is 12.7. The lowest BCUT2D eigenvalue weighted by atomic mass is 10.2. The number of aryl methyl sites for hydroxylation is 2. The molecule has 6 heteroatoms. The number of carbonyl (C=O) groups is 2. The summed E-state index contributed by atoms with van der Waals surface area (Å²) in [6, 6.07) is 16.9. The molecule has 6 nitrogen and oxygen atoms in total. The van der Waals surface area contributed by atoms with E-state index < -0.39 is 18.0 Å². The predicted octanol–water partition coefficient (Wildman–Crippen LogP) is 4.60. The fourth-order valence-corrected chi connectivity index (χ4v) is 3.32. The van der Waals surface area contributed by atoms with Gasteiger partial charge in [0.15, 0.2) is 6.10 Å². The zero-order chi connectivity index (χ0) is 21.8. The largest absolute Gasteiger partial charge is 0.495 e. The van der Waals surface area contributed by atoms with Crippen molar-refractivity contribution in [1.82, 2.24) is 4.57 Å². The van der Waals surface area contributed by atoms with Crippen LogP contribution >= 0.6 is 0 Å². The Labute approximate surface area is 176 Å². The number of nitrogens with zero attached hydrogens (tertiary/aromatic N) is 1. The van der Waals surface area contributed by atoms with E-state index in [1.54, 1.807) is 31.2 Å². The zero-order valence-electron chi connectivity index (χ0n) is 17.9. The van der Waals surface area contributed by atoms with Gasteiger partial charge in [-0.05, 0) is 58.0 Å². The first-order valence-electron chi connectivity index (χ1n) is 9.72. The molecule has 156 valence electrons. The number of carbonyl (C=O) groups excluding carboxylic acids is 2. The zero-order valence-corrected chi connectivity index (χ0v) is 17.9. The number of anilines is 1. The maximum Gasteiger partial charge on any atom is 0.340 e. The molecule has 0 aliphatic carbocycles. The van der Waals surface area contributed by atoms with Gasteiger partial charge in [0.05, 0.1) is 18.4 Å². The second-order valence-electron chi connectivity index (χ2n) is 7.19. The number of hydrogen-bond donors (Lipinski definition) is 1. The highest BCUT2D eigenvalue weighted by Gasteiger charge is 2.23. The third kappa shape index (κ3) is 4.38. The van der Waals surface area contributed by atoms with E-state index in [4.69, 9.17) is 9.47 Å². The molecule has 1 atom stereocenters. The van der Waals surface area contributed by atoms with Crippen molar-refractivity contribution in [3.8, 4) is 11.4 Å². The first-order chi connectivity index (χ1) is 14.3. The Kier molecular flexibility index (Phi) is 6.26.